The zero-order chi connectivity index (χ0) is 18.3. The highest BCUT2D eigenvalue weighted by Gasteiger charge is 2.04. The Bertz CT molecular complexity index is 518. The molecule has 0 unspecified atom stereocenters. The summed E-state index contributed by atoms with van der Waals surface area (Å²) < 4.78 is 5.30. The third-order valence-electron chi connectivity index (χ3n) is 3.35. The van der Waals surface area contributed by atoms with E-state index >= 15 is 0 Å². The molecule has 0 aromatic heterocycles. The van der Waals surface area contributed by atoms with Crippen molar-refractivity contribution in [1.82, 2.24) is 16.0 Å². The monoisotopic (exact) mass is 350 g/mol. The van der Waals surface area contributed by atoms with Crippen molar-refractivity contribution in [1.29, 1.82) is 0 Å². The number of ether oxygens (including phenoxy) is 1. The van der Waals surface area contributed by atoms with E-state index in [1.54, 1.807) is 12.1 Å². The Hall–Kier alpha value is -2.28. The quantitative estimate of drug-likeness (QED) is 0.276. The van der Waals surface area contributed by atoms with Crippen molar-refractivity contribution in [3.63, 3.8) is 0 Å². The first-order valence-electron chi connectivity index (χ1n) is 8.84. The molecule has 0 aliphatic carbocycles. The SMILES string of the molecule is CCNC(=NCCCCOCC)NCCNC(=O)c1ccc(O)cc1. The van der Waals surface area contributed by atoms with Gasteiger partial charge < -0.3 is 25.8 Å². The molecule has 140 valence electrons. The van der Waals surface area contributed by atoms with Gasteiger partial charge in [0.1, 0.15) is 5.75 Å². The second kappa shape index (κ2) is 13.1. The van der Waals surface area contributed by atoms with Gasteiger partial charge in [0, 0.05) is 45.0 Å². The van der Waals surface area contributed by atoms with E-state index in [4.69, 9.17) is 4.74 Å². The molecule has 1 aromatic rings. The molecule has 0 heterocycles. The van der Waals surface area contributed by atoms with E-state index in [2.05, 4.69) is 20.9 Å². The summed E-state index contributed by atoms with van der Waals surface area (Å²) >= 11 is 0. The Morgan fingerprint density at radius 2 is 1.80 bits per heavy atom. The molecule has 0 radical (unpaired) electrons. The predicted molar refractivity (Wildman–Crippen MR) is 100 cm³/mol. The lowest BCUT2D eigenvalue weighted by atomic mass is 10.2. The van der Waals surface area contributed by atoms with Crippen molar-refractivity contribution < 1.29 is 14.6 Å². The molecular formula is C18H30N4O3. The Morgan fingerprint density at radius 3 is 2.48 bits per heavy atom. The minimum atomic E-state index is -0.167. The molecule has 1 rings (SSSR count). The van der Waals surface area contributed by atoms with Crippen LogP contribution in [0, 0.1) is 0 Å². The molecule has 0 aliphatic heterocycles. The number of nitrogens with zero attached hydrogens (tertiary/aromatic N) is 1. The van der Waals surface area contributed by atoms with Gasteiger partial charge in [-0.05, 0) is 51.0 Å². The molecule has 7 heteroatoms. The van der Waals surface area contributed by atoms with E-state index in [1.807, 2.05) is 13.8 Å². The molecule has 1 aromatic carbocycles. The summed E-state index contributed by atoms with van der Waals surface area (Å²) in [5.41, 5.74) is 0.521. The third kappa shape index (κ3) is 9.56. The zero-order valence-electron chi connectivity index (χ0n) is 15.2. The number of aliphatic imine (C=N–C) groups is 1. The number of hydrogen-bond donors (Lipinski definition) is 4. The fourth-order valence-electron chi connectivity index (χ4n) is 2.06. The maximum Gasteiger partial charge on any atom is 0.251 e. The van der Waals surface area contributed by atoms with Gasteiger partial charge in [-0.1, -0.05) is 0 Å². The lowest BCUT2D eigenvalue weighted by Crippen LogP contribution is -2.41. The van der Waals surface area contributed by atoms with Gasteiger partial charge in [0.15, 0.2) is 5.96 Å². The van der Waals surface area contributed by atoms with Gasteiger partial charge in [-0.25, -0.2) is 0 Å². The van der Waals surface area contributed by atoms with E-state index in [-0.39, 0.29) is 11.7 Å². The van der Waals surface area contributed by atoms with E-state index < -0.39 is 0 Å². The van der Waals surface area contributed by atoms with E-state index in [1.165, 1.54) is 12.1 Å². The number of nitrogens with one attached hydrogen (secondary N) is 3. The number of unbranched alkanes of at least 4 members (excludes halogenated alkanes) is 1. The standard InChI is InChI=1S/C18H30N4O3/c1-3-19-18(21-11-5-6-14-25-4-2)22-13-12-20-17(24)15-7-9-16(23)10-8-15/h7-10,23H,3-6,11-14H2,1-2H3,(H,20,24)(H2,19,21,22). The van der Waals surface area contributed by atoms with Crippen LogP contribution in [0.15, 0.2) is 29.3 Å². The summed E-state index contributed by atoms with van der Waals surface area (Å²) in [6.07, 6.45) is 1.98. The molecule has 0 saturated heterocycles. The number of carbonyl (C=O) groups is 1. The van der Waals surface area contributed by atoms with Gasteiger partial charge in [0.25, 0.3) is 5.91 Å². The smallest absolute Gasteiger partial charge is 0.251 e. The van der Waals surface area contributed by atoms with Gasteiger partial charge in [-0.2, -0.15) is 0 Å². The van der Waals surface area contributed by atoms with Crippen LogP contribution in [-0.4, -0.2) is 56.4 Å². The minimum Gasteiger partial charge on any atom is -0.508 e. The summed E-state index contributed by atoms with van der Waals surface area (Å²) in [5.74, 6) is 0.725. The van der Waals surface area contributed by atoms with Crippen LogP contribution >= 0.6 is 0 Å². The lowest BCUT2D eigenvalue weighted by molar-refractivity contribution is 0.0954. The second-order valence-corrected chi connectivity index (χ2v) is 5.39. The molecule has 0 spiro atoms. The molecule has 0 aliphatic rings. The molecule has 0 fully saturated rings. The number of hydrogen-bond acceptors (Lipinski definition) is 4. The van der Waals surface area contributed by atoms with Crippen LogP contribution in [0.5, 0.6) is 5.75 Å². The third-order valence-corrected chi connectivity index (χ3v) is 3.35. The Labute approximate surface area is 149 Å². The van der Waals surface area contributed by atoms with Crippen molar-refractivity contribution in [2.45, 2.75) is 26.7 Å². The summed E-state index contributed by atoms with van der Waals surface area (Å²) in [6.45, 7) is 8.11. The van der Waals surface area contributed by atoms with Crippen LogP contribution < -0.4 is 16.0 Å². The van der Waals surface area contributed by atoms with E-state index in [0.717, 1.165) is 45.1 Å². The summed E-state index contributed by atoms with van der Waals surface area (Å²) in [5, 5.41) is 18.4. The van der Waals surface area contributed by atoms with Crippen LogP contribution in [0.2, 0.25) is 0 Å². The van der Waals surface area contributed by atoms with Gasteiger partial charge in [-0.3, -0.25) is 9.79 Å². The first kappa shape index (κ1) is 20.8. The highest BCUT2D eigenvalue weighted by atomic mass is 16.5. The van der Waals surface area contributed by atoms with Crippen LogP contribution in [0.4, 0.5) is 0 Å². The zero-order valence-corrected chi connectivity index (χ0v) is 15.2. The normalized spacial score (nSPS) is 11.2. The van der Waals surface area contributed by atoms with Crippen LogP contribution in [0.3, 0.4) is 0 Å². The molecule has 0 atom stereocenters. The van der Waals surface area contributed by atoms with Gasteiger partial charge >= 0.3 is 0 Å². The first-order valence-corrected chi connectivity index (χ1v) is 8.84. The van der Waals surface area contributed by atoms with Crippen molar-refractivity contribution in [2.75, 3.05) is 39.4 Å². The van der Waals surface area contributed by atoms with Crippen molar-refractivity contribution in [3.8, 4) is 5.75 Å². The minimum absolute atomic E-state index is 0.144. The Morgan fingerprint density at radius 1 is 1.08 bits per heavy atom. The average molecular weight is 350 g/mol. The Kier molecular flexibility index (Phi) is 10.8. The number of phenols is 1. The average Bonchev–Trinajstić information content (AvgIpc) is 2.61. The lowest BCUT2D eigenvalue weighted by Gasteiger charge is -2.12. The van der Waals surface area contributed by atoms with Crippen molar-refractivity contribution in [3.05, 3.63) is 29.8 Å². The van der Waals surface area contributed by atoms with Gasteiger partial charge in [-0.15, -0.1) is 0 Å². The number of aromatic hydroxyl groups is 1. The number of benzene rings is 1. The highest BCUT2D eigenvalue weighted by Crippen LogP contribution is 2.09. The van der Waals surface area contributed by atoms with Gasteiger partial charge in [0.2, 0.25) is 0 Å². The summed E-state index contributed by atoms with van der Waals surface area (Å²) in [4.78, 5) is 16.4. The largest absolute Gasteiger partial charge is 0.508 e. The number of amides is 1. The summed E-state index contributed by atoms with van der Waals surface area (Å²) in [6, 6.07) is 6.17. The van der Waals surface area contributed by atoms with Crippen molar-refractivity contribution >= 4 is 11.9 Å². The second-order valence-electron chi connectivity index (χ2n) is 5.39. The van der Waals surface area contributed by atoms with E-state index in [9.17, 15) is 9.90 Å². The predicted octanol–water partition coefficient (Wildman–Crippen LogP) is 1.49. The number of guanidine groups is 1. The molecule has 0 bridgehead atoms. The van der Waals surface area contributed by atoms with Gasteiger partial charge in [0.05, 0.1) is 0 Å². The topological polar surface area (TPSA) is 95.0 Å². The highest BCUT2D eigenvalue weighted by molar-refractivity contribution is 5.94. The van der Waals surface area contributed by atoms with E-state index in [0.29, 0.717) is 18.7 Å². The number of phenolic OH excluding ortho intramolecular Hbond substituents is 1. The first-order chi connectivity index (χ1) is 12.2. The molecule has 1 amide bonds. The van der Waals surface area contributed by atoms with Crippen LogP contribution in [-0.2, 0) is 4.74 Å². The fraction of sp³-hybridized carbons (Fsp3) is 0.556. The summed E-state index contributed by atoms with van der Waals surface area (Å²) in [7, 11) is 0. The van der Waals surface area contributed by atoms with Crippen LogP contribution in [0.25, 0.3) is 0 Å². The molecule has 7 nitrogen and oxygen atoms in total. The van der Waals surface area contributed by atoms with Crippen molar-refractivity contribution in [2.24, 2.45) is 4.99 Å². The maximum atomic E-state index is 11.9. The molecule has 0 saturated carbocycles. The van der Waals surface area contributed by atoms with Crippen LogP contribution in [0.1, 0.15) is 37.0 Å². The maximum absolute atomic E-state index is 11.9. The molecule has 25 heavy (non-hydrogen) atoms. The molecular weight excluding hydrogens is 320 g/mol. The fourth-order valence-corrected chi connectivity index (χ4v) is 2.06. The molecule has 4 N–H and O–H groups in total. The Balaban J connectivity index is 2.25. The number of rotatable bonds is 11. The number of carbonyl (C=O) groups excluding carboxylic acids is 1.